The van der Waals surface area contributed by atoms with E-state index < -0.39 is 71.6 Å². The molecular formula is C52H54F4N6O9S2. The van der Waals surface area contributed by atoms with Crippen LogP contribution in [-0.4, -0.2) is 93.4 Å². The van der Waals surface area contributed by atoms with E-state index in [0.29, 0.717) is 36.9 Å². The largest absolute Gasteiger partial charge is 0.594 e. The molecule has 2 heterocycles. The van der Waals surface area contributed by atoms with E-state index >= 15 is 17.6 Å². The molecule has 0 radical (unpaired) electrons. The number of carbonyl (C=O) groups excluding carboxylic acids is 4. The maximum Gasteiger partial charge on any atom is 0.415 e. The fraction of sp³-hybridized carbons (Fsp3) is 0.308. The lowest BCUT2D eigenvalue weighted by atomic mass is 10.0. The quantitative estimate of drug-likeness (QED) is 0.0179. The van der Waals surface area contributed by atoms with Crippen LogP contribution in [0.3, 0.4) is 0 Å². The van der Waals surface area contributed by atoms with Crippen LogP contribution >= 0.6 is 22.7 Å². The summed E-state index contributed by atoms with van der Waals surface area (Å²) in [5.74, 6) is -5.12. The fourth-order valence-electron chi connectivity index (χ4n) is 7.62. The Labute approximate surface area is 428 Å². The van der Waals surface area contributed by atoms with E-state index in [4.69, 9.17) is 18.9 Å². The van der Waals surface area contributed by atoms with Gasteiger partial charge in [-0.05, 0) is 116 Å². The smallest absolute Gasteiger partial charge is 0.415 e. The van der Waals surface area contributed by atoms with Crippen LogP contribution in [-0.2, 0) is 45.1 Å². The molecule has 6 rings (SSSR count). The second kappa shape index (κ2) is 25.0. The molecule has 386 valence electrons. The fourth-order valence-corrected chi connectivity index (χ4v) is 10.2. The van der Waals surface area contributed by atoms with Crippen LogP contribution in [0.1, 0.15) is 70.7 Å². The van der Waals surface area contributed by atoms with Gasteiger partial charge < -0.3 is 34.0 Å². The Morgan fingerprint density at radius 1 is 0.521 bits per heavy atom. The molecule has 0 bridgehead atoms. The number of halogens is 4. The molecule has 0 saturated heterocycles. The number of esters is 2. The molecule has 0 aliphatic carbocycles. The van der Waals surface area contributed by atoms with Crippen molar-refractivity contribution in [1.29, 1.82) is 0 Å². The van der Waals surface area contributed by atoms with E-state index in [1.807, 2.05) is 4.90 Å². The lowest BCUT2D eigenvalue weighted by molar-refractivity contribution is -0.435. The number of carbonyl (C=O) groups is 4. The van der Waals surface area contributed by atoms with E-state index in [9.17, 15) is 24.4 Å². The molecule has 4 aromatic carbocycles. The maximum absolute atomic E-state index is 15.1. The standard InChI is InChI=1S/C52H54F4N6O9S2/c1-9-68-49(63)43-37(27-58(5)6)45(72-47(43)60(51(65)70-11-3)29-35-39(53)15-13-16-40(35)54)31-19-23-33(24-20-31)57-62(67)34-25-21-32(22-26-34)46-38(28-59(7)8)44(50(64)69-10-2)48(73-46)61(52(66)71-12-4)30-36-41(55)17-14-18-42(36)56/h13-26H,9-12,27-30H2,1-8H3. The molecule has 0 N–H and O–H groups in total. The monoisotopic (exact) mass is 1050 g/mol. The van der Waals surface area contributed by atoms with E-state index in [-0.39, 0.29) is 72.0 Å². The van der Waals surface area contributed by atoms with Crippen molar-refractivity contribution in [3.8, 4) is 20.9 Å². The first-order chi connectivity index (χ1) is 34.9. The summed E-state index contributed by atoms with van der Waals surface area (Å²) < 4.78 is 81.8. The van der Waals surface area contributed by atoms with Crippen molar-refractivity contribution < 1.29 is 60.5 Å². The lowest BCUT2D eigenvalue weighted by Crippen LogP contribution is -2.32. The topological polar surface area (TPSA) is 157 Å². The zero-order valence-corrected chi connectivity index (χ0v) is 43.1. The van der Waals surface area contributed by atoms with Gasteiger partial charge in [0.25, 0.3) is 0 Å². The van der Waals surface area contributed by atoms with Gasteiger partial charge in [0, 0.05) is 62.3 Å². The zero-order valence-electron chi connectivity index (χ0n) is 41.4. The van der Waals surface area contributed by atoms with Gasteiger partial charge in [0.1, 0.15) is 39.0 Å². The third-order valence-electron chi connectivity index (χ3n) is 10.8. The maximum atomic E-state index is 15.1. The van der Waals surface area contributed by atoms with E-state index in [0.717, 1.165) is 56.7 Å². The van der Waals surface area contributed by atoms with Crippen LogP contribution in [0, 0.1) is 28.5 Å². The first-order valence-corrected chi connectivity index (χ1v) is 24.6. The molecule has 15 nitrogen and oxygen atoms in total. The van der Waals surface area contributed by atoms with Crippen LogP contribution in [0.15, 0.2) is 90.0 Å². The number of azo groups is 1. The lowest BCUT2D eigenvalue weighted by Gasteiger charge is -2.22. The number of hydrogen-bond donors (Lipinski definition) is 0. The molecule has 0 unspecified atom stereocenters. The second-order valence-corrected chi connectivity index (χ2v) is 18.5. The summed E-state index contributed by atoms with van der Waals surface area (Å²) >= 11 is 2.04. The summed E-state index contributed by atoms with van der Waals surface area (Å²) in [5, 5.41) is 18.0. The number of nitrogens with zero attached hydrogens (tertiary/aromatic N) is 6. The van der Waals surface area contributed by atoms with Gasteiger partial charge in [0.15, 0.2) is 0 Å². The normalized spacial score (nSPS) is 11.5. The van der Waals surface area contributed by atoms with Gasteiger partial charge in [-0.2, -0.15) is 0 Å². The number of rotatable bonds is 20. The van der Waals surface area contributed by atoms with Crippen molar-refractivity contribution in [3.05, 3.63) is 147 Å². The Hall–Kier alpha value is -7.20. The average molecular weight is 1050 g/mol. The highest BCUT2D eigenvalue weighted by atomic mass is 32.1. The second-order valence-electron chi connectivity index (χ2n) is 16.5. The number of amides is 2. The minimum absolute atomic E-state index is 0.00270. The highest BCUT2D eigenvalue weighted by Gasteiger charge is 2.35. The predicted molar refractivity (Wildman–Crippen MR) is 271 cm³/mol. The van der Waals surface area contributed by atoms with Gasteiger partial charge in [-0.25, -0.2) is 36.7 Å². The molecule has 2 amide bonds. The molecule has 0 fully saturated rings. The minimum atomic E-state index is -0.947. The number of anilines is 2. The first kappa shape index (κ1) is 55.1. The number of thiophene rings is 2. The van der Waals surface area contributed by atoms with Crippen molar-refractivity contribution in [3.63, 3.8) is 0 Å². The van der Waals surface area contributed by atoms with E-state index in [1.54, 1.807) is 97.2 Å². The van der Waals surface area contributed by atoms with Gasteiger partial charge >= 0.3 is 24.1 Å². The molecule has 0 aliphatic heterocycles. The van der Waals surface area contributed by atoms with Gasteiger partial charge in [-0.1, -0.05) is 29.1 Å². The summed E-state index contributed by atoms with van der Waals surface area (Å²) in [7, 11) is 7.12. The van der Waals surface area contributed by atoms with Crippen molar-refractivity contribution in [2.24, 2.45) is 5.11 Å². The Bertz CT molecular complexity index is 2940. The van der Waals surface area contributed by atoms with Crippen molar-refractivity contribution >= 4 is 68.2 Å². The summed E-state index contributed by atoms with van der Waals surface area (Å²) in [5.41, 5.74) is 1.57. The molecule has 21 heteroatoms. The van der Waals surface area contributed by atoms with Gasteiger partial charge in [0.2, 0.25) is 5.69 Å². The molecule has 0 spiro atoms. The predicted octanol–water partition coefficient (Wildman–Crippen LogP) is 12.4. The Morgan fingerprint density at radius 3 is 1.22 bits per heavy atom. The summed E-state index contributed by atoms with van der Waals surface area (Å²) in [4.78, 5) is 61.9. The molecule has 0 saturated carbocycles. The van der Waals surface area contributed by atoms with Gasteiger partial charge in [0.05, 0.1) is 50.6 Å². The number of hydrogen-bond acceptors (Lipinski definition) is 14. The van der Waals surface area contributed by atoms with Crippen molar-refractivity contribution in [2.45, 2.75) is 53.9 Å². The zero-order chi connectivity index (χ0) is 53.1. The van der Waals surface area contributed by atoms with E-state index in [1.165, 1.54) is 24.3 Å². The number of benzene rings is 4. The van der Waals surface area contributed by atoms with Crippen LogP contribution in [0.5, 0.6) is 0 Å². The van der Waals surface area contributed by atoms with Crippen LogP contribution in [0.4, 0.5) is 48.5 Å². The Balaban J connectivity index is 1.39. The van der Waals surface area contributed by atoms with Crippen LogP contribution in [0.25, 0.3) is 20.9 Å². The molecular weight excluding hydrogens is 993 g/mol. The highest BCUT2D eigenvalue weighted by molar-refractivity contribution is 7.20. The Kier molecular flexibility index (Phi) is 18.8. The molecule has 6 aromatic rings. The summed E-state index contributed by atoms with van der Waals surface area (Å²) in [6.45, 7) is 5.42. The number of ether oxygens (including phenoxy) is 4. The molecule has 2 aromatic heterocycles. The summed E-state index contributed by atoms with van der Waals surface area (Å²) in [6.07, 6.45) is -1.89. The first-order valence-electron chi connectivity index (χ1n) is 23.0. The van der Waals surface area contributed by atoms with Crippen molar-refractivity contribution in [2.75, 3.05) is 64.4 Å². The molecule has 73 heavy (non-hydrogen) atoms. The SMILES string of the molecule is CCOC(=O)c1c(N(Cc2c(F)cccc2F)C(=O)OCC)sc(-c2ccc(N=[N+]([O-])c3ccc(-c4sc(N(Cc5c(F)cccc5F)C(=O)OCC)c(C(=O)OCC)c4CN(C)C)cc3)cc2)c1CN(C)C. The van der Waals surface area contributed by atoms with Crippen molar-refractivity contribution in [1.82, 2.24) is 9.80 Å². The third kappa shape index (κ3) is 12.9. The van der Waals surface area contributed by atoms with Crippen LogP contribution < -0.4 is 9.80 Å². The highest BCUT2D eigenvalue weighted by Crippen LogP contribution is 2.46. The Morgan fingerprint density at radius 2 is 0.877 bits per heavy atom. The third-order valence-corrected chi connectivity index (χ3v) is 13.4. The van der Waals surface area contributed by atoms with Crippen LogP contribution in [0.2, 0.25) is 0 Å². The average Bonchev–Trinajstić information content (AvgIpc) is 3.89. The molecule has 0 atom stereocenters. The molecule has 0 aliphatic rings. The van der Waals surface area contributed by atoms with Gasteiger partial charge in [-0.3, -0.25) is 9.80 Å². The summed E-state index contributed by atoms with van der Waals surface area (Å²) in [6, 6.07) is 19.5. The van der Waals surface area contributed by atoms with Gasteiger partial charge in [-0.15, -0.1) is 22.7 Å². The van der Waals surface area contributed by atoms with E-state index in [2.05, 4.69) is 5.11 Å². The minimum Gasteiger partial charge on any atom is -0.594 e.